The molecule has 0 saturated carbocycles. The predicted octanol–water partition coefficient (Wildman–Crippen LogP) is 2.49. The van der Waals surface area contributed by atoms with Gasteiger partial charge in [-0.05, 0) is 24.9 Å². The van der Waals surface area contributed by atoms with Crippen molar-refractivity contribution in [3.63, 3.8) is 0 Å². The summed E-state index contributed by atoms with van der Waals surface area (Å²) in [4.78, 5) is 25.4. The van der Waals surface area contributed by atoms with Crippen molar-refractivity contribution in [2.75, 3.05) is 13.6 Å². The molecule has 1 atom stereocenters. The van der Waals surface area contributed by atoms with E-state index in [1.54, 1.807) is 23.5 Å². The highest BCUT2D eigenvalue weighted by molar-refractivity contribution is 5.81. The van der Waals surface area contributed by atoms with Crippen LogP contribution >= 0.6 is 0 Å². The largest absolute Gasteiger partial charge is 0.338 e. The monoisotopic (exact) mass is 324 g/mol. The standard InChI is InChI=1S/C19H24N4O/c1-22(15-17-13-20-10-11-21-17)19(24)18-9-5-6-12-23(18)14-16-7-3-2-4-8-16/h2-4,7-8,10-11,13,18H,5-6,9,12,14-15H2,1H3/t18-/m0/s1. The minimum atomic E-state index is -0.0411. The van der Waals surface area contributed by atoms with Crippen LogP contribution in [-0.2, 0) is 17.9 Å². The van der Waals surface area contributed by atoms with Crippen LogP contribution in [0.1, 0.15) is 30.5 Å². The lowest BCUT2D eigenvalue weighted by atomic mass is 10.00. The maximum absolute atomic E-state index is 12.9. The summed E-state index contributed by atoms with van der Waals surface area (Å²) >= 11 is 0. The average Bonchev–Trinajstić information content (AvgIpc) is 2.63. The molecule has 0 aliphatic carbocycles. The van der Waals surface area contributed by atoms with Crippen molar-refractivity contribution in [2.45, 2.75) is 38.4 Å². The van der Waals surface area contributed by atoms with Crippen molar-refractivity contribution in [1.82, 2.24) is 19.8 Å². The molecule has 1 amide bonds. The fraction of sp³-hybridized carbons (Fsp3) is 0.421. The molecule has 1 aromatic carbocycles. The third kappa shape index (κ3) is 4.17. The minimum absolute atomic E-state index is 0.0411. The number of likely N-dealkylation sites (N-methyl/N-ethyl adjacent to an activating group) is 1. The summed E-state index contributed by atoms with van der Waals surface area (Å²) in [7, 11) is 1.85. The Kier molecular flexibility index (Phi) is 5.54. The van der Waals surface area contributed by atoms with Gasteiger partial charge in [-0.2, -0.15) is 0 Å². The van der Waals surface area contributed by atoms with E-state index in [1.165, 1.54) is 5.56 Å². The highest BCUT2D eigenvalue weighted by atomic mass is 16.2. The van der Waals surface area contributed by atoms with Crippen molar-refractivity contribution in [1.29, 1.82) is 0 Å². The van der Waals surface area contributed by atoms with Gasteiger partial charge in [0.05, 0.1) is 24.5 Å². The molecule has 1 aliphatic rings. The number of benzene rings is 1. The van der Waals surface area contributed by atoms with Gasteiger partial charge in [-0.25, -0.2) is 0 Å². The van der Waals surface area contributed by atoms with Gasteiger partial charge in [0, 0.05) is 26.0 Å². The minimum Gasteiger partial charge on any atom is -0.338 e. The van der Waals surface area contributed by atoms with Crippen LogP contribution in [-0.4, -0.2) is 45.3 Å². The van der Waals surface area contributed by atoms with Gasteiger partial charge in [-0.1, -0.05) is 36.8 Å². The second kappa shape index (κ2) is 8.02. The molecule has 0 unspecified atom stereocenters. The summed E-state index contributed by atoms with van der Waals surface area (Å²) in [6, 6.07) is 10.3. The van der Waals surface area contributed by atoms with E-state index in [9.17, 15) is 4.79 Å². The molecule has 0 radical (unpaired) electrons. The molecule has 1 aromatic heterocycles. The van der Waals surface area contributed by atoms with Crippen LogP contribution < -0.4 is 0 Å². The zero-order valence-electron chi connectivity index (χ0n) is 14.1. The fourth-order valence-corrected chi connectivity index (χ4v) is 3.26. The fourth-order valence-electron chi connectivity index (χ4n) is 3.26. The summed E-state index contributed by atoms with van der Waals surface area (Å²) in [6.45, 7) is 2.31. The first-order valence-electron chi connectivity index (χ1n) is 8.52. The molecule has 0 spiro atoms. The summed E-state index contributed by atoms with van der Waals surface area (Å²) in [5.74, 6) is 0.177. The first-order valence-corrected chi connectivity index (χ1v) is 8.52. The molecule has 2 heterocycles. The number of nitrogens with zero attached hydrogens (tertiary/aromatic N) is 4. The van der Waals surface area contributed by atoms with Gasteiger partial charge >= 0.3 is 0 Å². The number of hydrogen-bond acceptors (Lipinski definition) is 4. The second-order valence-electron chi connectivity index (χ2n) is 6.36. The van der Waals surface area contributed by atoms with Gasteiger partial charge in [-0.15, -0.1) is 0 Å². The summed E-state index contributed by atoms with van der Waals surface area (Å²) < 4.78 is 0. The molecule has 1 fully saturated rings. The first-order chi connectivity index (χ1) is 11.7. The SMILES string of the molecule is CN(Cc1cnccn1)C(=O)[C@@H]1CCCCN1Cc1ccccc1. The van der Waals surface area contributed by atoms with Crippen LogP contribution in [0, 0.1) is 0 Å². The van der Waals surface area contributed by atoms with Crippen LogP contribution in [0.2, 0.25) is 0 Å². The average molecular weight is 324 g/mol. The van der Waals surface area contributed by atoms with Crippen LogP contribution in [0.25, 0.3) is 0 Å². The Labute approximate surface area is 143 Å². The van der Waals surface area contributed by atoms with Gasteiger partial charge in [0.2, 0.25) is 5.91 Å². The highest BCUT2D eigenvalue weighted by Crippen LogP contribution is 2.21. The highest BCUT2D eigenvalue weighted by Gasteiger charge is 2.30. The van der Waals surface area contributed by atoms with Gasteiger partial charge in [0.15, 0.2) is 0 Å². The zero-order valence-corrected chi connectivity index (χ0v) is 14.1. The van der Waals surface area contributed by atoms with Gasteiger partial charge in [0.25, 0.3) is 0 Å². The molecular formula is C19H24N4O. The number of rotatable bonds is 5. The van der Waals surface area contributed by atoms with Crippen LogP contribution in [0.15, 0.2) is 48.9 Å². The summed E-state index contributed by atoms with van der Waals surface area (Å²) in [5.41, 5.74) is 2.08. The molecular weight excluding hydrogens is 300 g/mol. The molecule has 0 bridgehead atoms. The van der Waals surface area contributed by atoms with E-state index in [1.807, 2.05) is 13.1 Å². The van der Waals surface area contributed by atoms with Crippen molar-refractivity contribution in [2.24, 2.45) is 0 Å². The lowest BCUT2D eigenvalue weighted by Gasteiger charge is -2.36. The molecule has 5 heteroatoms. The number of amides is 1. The smallest absolute Gasteiger partial charge is 0.240 e. The van der Waals surface area contributed by atoms with E-state index < -0.39 is 0 Å². The Hall–Kier alpha value is -2.27. The lowest BCUT2D eigenvalue weighted by Crippen LogP contribution is -2.49. The number of carbonyl (C=O) groups is 1. The Morgan fingerprint density at radius 3 is 2.83 bits per heavy atom. The topological polar surface area (TPSA) is 49.3 Å². The van der Waals surface area contributed by atoms with E-state index in [2.05, 4.69) is 39.1 Å². The van der Waals surface area contributed by atoms with Crippen molar-refractivity contribution >= 4 is 5.91 Å². The summed E-state index contributed by atoms with van der Waals surface area (Å²) in [5, 5.41) is 0. The molecule has 5 nitrogen and oxygen atoms in total. The van der Waals surface area contributed by atoms with Crippen LogP contribution in [0.4, 0.5) is 0 Å². The number of hydrogen-bond donors (Lipinski definition) is 0. The third-order valence-corrected chi connectivity index (χ3v) is 4.52. The predicted molar refractivity (Wildman–Crippen MR) is 93.0 cm³/mol. The molecule has 0 N–H and O–H groups in total. The first kappa shape index (κ1) is 16.6. The number of aromatic nitrogens is 2. The van der Waals surface area contributed by atoms with Gasteiger partial charge in [-0.3, -0.25) is 19.7 Å². The van der Waals surface area contributed by atoms with Crippen molar-refractivity contribution in [3.8, 4) is 0 Å². The normalized spacial score (nSPS) is 18.3. The van der Waals surface area contributed by atoms with E-state index in [0.29, 0.717) is 6.54 Å². The van der Waals surface area contributed by atoms with E-state index in [-0.39, 0.29) is 11.9 Å². The second-order valence-corrected chi connectivity index (χ2v) is 6.36. The van der Waals surface area contributed by atoms with Crippen molar-refractivity contribution in [3.05, 3.63) is 60.2 Å². The lowest BCUT2D eigenvalue weighted by molar-refractivity contribution is -0.137. The van der Waals surface area contributed by atoms with Gasteiger partial charge < -0.3 is 4.90 Å². The number of carbonyl (C=O) groups excluding carboxylic acids is 1. The van der Waals surface area contributed by atoms with E-state index in [0.717, 1.165) is 38.0 Å². The molecule has 3 rings (SSSR count). The molecule has 1 aliphatic heterocycles. The molecule has 126 valence electrons. The van der Waals surface area contributed by atoms with Crippen LogP contribution in [0.5, 0.6) is 0 Å². The quantitative estimate of drug-likeness (QED) is 0.848. The Morgan fingerprint density at radius 2 is 2.08 bits per heavy atom. The third-order valence-electron chi connectivity index (χ3n) is 4.52. The molecule has 2 aromatic rings. The van der Waals surface area contributed by atoms with E-state index >= 15 is 0 Å². The molecule has 24 heavy (non-hydrogen) atoms. The van der Waals surface area contributed by atoms with Crippen molar-refractivity contribution < 1.29 is 4.79 Å². The molecule has 1 saturated heterocycles. The Balaban J connectivity index is 1.66. The zero-order chi connectivity index (χ0) is 16.8. The van der Waals surface area contributed by atoms with Crippen LogP contribution in [0.3, 0.4) is 0 Å². The maximum atomic E-state index is 12.9. The summed E-state index contributed by atoms with van der Waals surface area (Å²) in [6.07, 6.45) is 8.22. The van der Waals surface area contributed by atoms with Gasteiger partial charge in [0.1, 0.15) is 0 Å². The maximum Gasteiger partial charge on any atom is 0.240 e. The Bertz CT molecular complexity index is 647. The Morgan fingerprint density at radius 1 is 1.25 bits per heavy atom. The van der Waals surface area contributed by atoms with E-state index in [4.69, 9.17) is 0 Å². The number of piperidine rings is 1. The number of likely N-dealkylation sites (tertiary alicyclic amines) is 1.